The summed E-state index contributed by atoms with van der Waals surface area (Å²) in [6, 6.07) is 9.39. The Morgan fingerprint density at radius 2 is 1.63 bits per heavy atom. The van der Waals surface area contributed by atoms with Gasteiger partial charge in [0.05, 0.1) is 0 Å². The number of aryl methyl sites for hydroxylation is 2. The van der Waals surface area contributed by atoms with E-state index in [2.05, 4.69) is 15.9 Å². The highest BCUT2D eigenvalue weighted by Crippen LogP contribution is 2.34. The van der Waals surface area contributed by atoms with E-state index in [4.69, 9.17) is 27.9 Å². The lowest BCUT2D eigenvalue weighted by Crippen LogP contribution is -1.94. The smallest absolute Gasteiger partial charge is 0.133 e. The van der Waals surface area contributed by atoms with Gasteiger partial charge in [0.2, 0.25) is 0 Å². The van der Waals surface area contributed by atoms with Gasteiger partial charge in [0.15, 0.2) is 0 Å². The fraction of sp³-hybridized carbons (Fsp3) is 0.200. The first-order valence-corrected chi connectivity index (χ1v) is 7.68. The molecule has 2 rings (SSSR count). The van der Waals surface area contributed by atoms with Gasteiger partial charge < -0.3 is 4.74 Å². The lowest BCUT2D eigenvalue weighted by Gasteiger charge is -2.14. The topological polar surface area (TPSA) is 9.23 Å². The monoisotopic (exact) mass is 358 g/mol. The van der Waals surface area contributed by atoms with Crippen LogP contribution in [0, 0.1) is 13.8 Å². The van der Waals surface area contributed by atoms with Crippen molar-refractivity contribution in [1.82, 2.24) is 0 Å². The predicted molar refractivity (Wildman–Crippen MR) is 85.1 cm³/mol. The molecule has 19 heavy (non-hydrogen) atoms. The van der Waals surface area contributed by atoms with Gasteiger partial charge in [-0.2, -0.15) is 0 Å². The Morgan fingerprint density at radius 3 is 2.21 bits per heavy atom. The molecule has 0 saturated heterocycles. The van der Waals surface area contributed by atoms with Gasteiger partial charge in [-0.25, -0.2) is 0 Å². The number of hydrogen-bond donors (Lipinski definition) is 0. The second-order valence-electron chi connectivity index (χ2n) is 4.36. The van der Waals surface area contributed by atoms with Crippen LogP contribution in [-0.2, 0) is 5.33 Å². The van der Waals surface area contributed by atoms with Gasteiger partial charge in [-0.1, -0.05) is 39.1 Å². The first kappa shape index (κ1) is 14.7. The minimum atomic E-state index is 0.689. The fourth-order valence-electron chi connectivity index (χ4n) is 1.92. The number of benzene rings is 2. The van der Waals surface area contributed by atoms with Crippen molar-refractivity contribution >= 4 is 39.1 Å². The van der Waals surface area contributed by atoms with E-state index in [0.717, 1.165) is 33.2 Å². The minimum absolute atomic E-state index is 0.689. The molecular formula is C15H13BrCl2O. The summed E-state index contributed by atoms with van der Waals surface area (Å²) in [5.74, 6) is 1.64. The Hall–Kier alpha value is -0.700. The fourth-order valence-corrected chi connectivity index (χ4v) is 2.88. The van der Waals surface area contributed by atoms with E-state index in [0.29, 0.717) is 10.4 Å². The number of rotatable bonds is 3. The molecule has 0 heterocycles. The van der Waals surface area contributed by atoms with Crippen LogP contribution in [0.2, 0.25) is 10.0 Å². The maximum atomic E-state index is 6.02. The molecule has 100 valence electrons. The number of halogens is 3. The van der Waals surface area contributed by atoms with E-state index < -0.39 is 0 Å². The predicted octanol–water partition coefficient (Wildman–Crippen LogP) is 6.30. The van der Waals surface area contributed by atoms with Crippen LogP contribution in [0.15, 0.2) is 30.3 Å². The average Bonchev–Trinajstić information content (AvgIpc) is 2.35. The van der Waals surface area contributed by atoms with E-state index in [1.54, 1.807) is 0 Å². The molecular weight excluding hydrogens is 347 g/mol. The SMILES string of the molecule is Cc1cc(Cl)cc(C)c1Oc1ccc(Cl)cc1CBr. The van der Waals surface area contributed by atoms with E-state index in [9.17, 15) is 0 Å². The Bertz CT molecular complexity index is 588. The van der Waals surface area contributed by atoms with Crippen LogP contribution in [0.5, 0.6) is 11.5 Å². The van der Waals surface area contributed by atoms with E-state index in [1.165, 1.54) is 0 Å². The Balaban J connectivity index is 2.42. The molecule has 0 radical (unpaired) electrons. The van der Waals surface area contributed by atoms with Crippen molar-refractivity contribution in [3.8, 4) is 11.5 Å². The second-order valence-corrected chi connectivity index (χ2v) is 5.79. The van der Waals surface area contributed by atoms with Gasteiger partial charge in [-0.15, -0.1) is 0 Å². The van der Waals surface area contributed by atoms with Gasteiger partial charge >= 0.3 is 0 Å². The summed E-state index contributed by atoms with van der Waals surface area (Å²) in [6.07, 6.45) is 0. The molecule has 0 aliphatic heterocycles. The van der Waals surface area contributed by atoms with Crippen LogP contribution in [0.3, 0.4) is 0 Å². The first-order valence-electron chi connectivity index (χ1n) is 5.80. The molecule has 0 amide bonds. The van der Waals surface area contributed by atoms with Crippen LogP contribution in [0.25, 0.3) is 0 Å². The second kappa shape index (κ2) is 6.17. The normalized spacial score (nSPS) is 10.6. The zero-order valence-corrected chi connectivity index (χ0v) is 13.7. The summed E-state index contributed by atoms with van der Waals surface area (Å²) in [5, 5.41) is 2.11. The maximum absolute atomic E-state index is 6.02. The highest BCUT2D eigenvalue weighted by atomic mass is 79.9. The van der Waals surface area contributed by atoms with Crippen LogP contribution in [0.1, 0.15) is 16.7 Å². The van der Waals surface area contributed by atoms with Crippen molar-refractivity contribution in [3.63, 3.8) is 0 Å². The van der Waals surface area contributed by atoms with Crippen LogP contribution in [-0.4, -0.2) is 0 Å². The zero-order chi connectivity index (χ0) is 14.0. The van der Waals surface area contributed by atoms with E-state index in [1.807, 2.05) is 44.2 Å². The molecule has 0 aliphatic carbocycles. The molecule has 0 aliphatic rings. The lowest BCUT2D eigenvalue weighted by atomic mass is 10.1. The summed E-state index contributed by atoms with van der Waals surface area (Å²) < 4.78 is 6.02. The summed E-state index contributed by atoms with van der Waals surface area (Å²) >= 11 is 15.5. The largest absolute Gasteiger partial charge is 0.456 e. The molecule has 2 aromatic rings. The third kappa shape index (κ3) is 3.44. The van der Waals surface area contributed by atoms with Crippen molar-refractivity contribution in [2.75, 3.05) is 0 Å². The summed E-state index contributed by atoms with van der Waals surface area (Å²) in [6.45, 7) is 3.97. The molecule has 4 heteroatoms. The van der Waals surface area contributed by atoms with Gasteiger partial charge in [0, 0.05) is 20.9 Å². The van der Waals surface area contributed by atoms with Crippen LogP contribution < -0.4 is 4.74 Å². The van der Waals surface area contributed by atoms with Crippen molar-refractivity contribution in [2.24, 2.45) is 0 Å². The molecule has 0 spiro atoms. The third-order valence-corrected chi connectivity index (χ3v) is 3.86. The standard InChI is InChI=1S/C15H13BrCl2O/c1-9-5-13(18)6-10(2)15(9)19-14-4-3-12(17)7-11(14)8-16/h3-7H,8H2,1-2H3. The molecule has 2 aromatic carbocycles. The van der Waals surface area contributed by atoms with Crippen LogP contribution in [0.4, 0.5) is 0 Å². The third-order valence-electron chi connectivity index (χ3n) is 2.80. The molecule has 0 atom stereocenters. The van der Waals surface area contributed by atoms with Crippen molar-refractivity contribution in [1.29, 1.82) is 0 Å². The number of ether oxygens (including phenoxy) is 1. The molecule has 0 bridgehead atoms. The van der Waals surface area contributed by atoms with Gasteiger partial charge in [-0.3, -0.25) is 0 Å². The highest BCUT2D eigenvalue weighted by molar-refractivity contribution is 9.08. The Morgan fingerprint density at radius 1 is 1.00 bits per heavy atom. The molecule has 0 aromatic heterocycles. The average molecular weight is 360 g/mol. The van der Waals surface area contributed by atoms with Gasteiger partial charge in [0.1, 0.15) is 11.5 Å². The molecule has 0 unspecified atom stereocenters. The van der Waals surface area contributed by atoms with E-state index in [-0.39, 0.29) is 0 Å². The van der Waals surface area contributed by atoms with Crippen molar-refractivity contribution in [2.45, 2.75) is 19.2 Å². The molecule has 0 fully saturated rings. The summed E-state index contributed by atoms with van der Waals surface area (Å²) in [5.41, 5.74) is 3.04. The van der Waals surface area contributed by atoms with Crippen molar-refractivity contribution in [3.05, 3.63) is 57.1 Å². The summed E-state index contributed by atoms with van der Waals surface area (Å²) in [7, 11) is 0. The number of hydrogen-bond acceptors (Lipinski definition) is 1. The quantitative estimate of drug-likeness (QED) is 0.584. The van der Waals surface area contributed by atoms with Crippen LogP contribution >= 0.6 is 39.1 Å². The first-order chi connectivity index (χ1) is 9.01. The minimum Gasteiger partial charge on any atom is -0.456 e. The van der Waals surface area contributed by atoms with Gasteiger partial charge in [-0.05, 0) is 55.3 Å². The molecule has 0 N–H and O–H groups in total. The Labute approximate surface area is 131 Å². The molecule has 0 saturated carbocycles. The van der Waals surface area contributed by atoms with E-state index >= 15 is 0 Å². The van der Waals surface area contributed by atoms with Gasteiger partial charge in [0.25, 0.3) is 0 Å². The highest BCUT2D eigenvalue weighted by Gasteiger charge is 2.10. The zero-order valence-electron chi connectivity index (χ0n) is 10.6. The number of alkyl halides is 1. The molecule has 1 nitrogen and oxygen atoms in total. The lowest BCUT2D eigenvalue weighted by molar-refractivity contribution is 0.471. The maximum Gasteiger partial charge on any atom is 0.133 e. The van der Waals surface area contributed by atoms with Crippen molar-refractivity contribution < 1.29 is 4.74 Å². The summed E-state index contributed by atoms with van der Waals surface area (Å²) in [4.78, 5) is 0. The Kier molecular flexibility index (Phi) is 4.77.